The van der Waals surface area contributed by atoms with Gasteiger partial charge in [-0.1, -0.05) is 95.1 Å². The summed E-state index contributed by atoms with van der Waals surface area (Å²) in [7, 11) is 0. The van der Waals surface area contributed by atoms with Gasteiger partial charge in [-0.2, -0.15) is 0 Å². The summed E-state index contributed by atoms with van der Waals surface area (Å²) in [5, 5.41) is 0. The zero-order valence-electron chi connectivity index (χ0n) is 29.5. The second-order valence-electron chi connectivity index (χ2n) is 12.5. The van der Waals surface area contributed by atoms with Gasteiger partial charge in [0.25, 0.3) is 0 Å². The van der Waals surface area contributed by atoms with Gasteiger partial charge >= 0.3 is 40.8 Å². The Hall–Kier alpha value is -5.76. The van der Waals surface area contributed by atoms with Gasteiger partial charge in [-0.25, -0.2) is 0 Å². The summed E-state index contributed by atoms with van der Waals surface area (Å²) < 4.78 is 117. The summed E-state index contributed by atoms with van der Waals surface area (Å²) in [6.45, 7) is 0. The molecular weight excluding hydrogens is 961 g/mol. The van der Waals surface area contributed by atoms with Crippen LogP contribution in [-0.4, -0.2) is 19.9 Å². The van der Waals surface area contributed by atoms with E-state index < -0.39 is 52.0 Å². The fourth-order valence-corrected chi connectivity index (χ4v) is 6.48. The summed E-state index contributed by atoms with van der Waals surface area (Å²) in [6, 6.07) is 34.4. The molecule has 14 heteroatoms. The van der Waals surface area contributed by atoms with E-state index in [2.05, 4.69) is 24.3 Å². The standard InChI is InChI=1S/C45H20F8N4.2Pd/c46-25-13-17-29(33(50)21-25)37-5-1-9-41(54-37)45(42-10-2-6-38(55-42)30-18-14-26(47)22-34(30)51,43-11-3-7-39(56-43)31-19-15-27(48)23-35(31)52)44-12-4-8-40(57-44)32-20-16-28(49)24-36(32)53;;/h1-16,21-24H;;/q-4;2*+2. The Morgan fingerprint density at radius 3 is 0.763 bits per heavy atom. The number of halogens is 8. The van der Waals surface area contributed by atoms with E-state index in [0.29, 0.717) is 24.3 Å². The first-order chi connectivity index (χ1) is 27.5. The van der Waals surface area contributed by atoms with Crippen molar-refractivity contribution < 1.29 is 76.0 Å². The molecule has 0 saturated heterocycles. The average molecular weight is 982 g/mol. The van der Waals surface area contributed by atoms with Crippen molar-refractivity contribution in [3.05, 3.63) is 215 Å². The SMILES string of the molecule is Fc1c[c-]c(-c2cccc(C(c3cccc(-c4[c-]cc(F)cc4F)n3)(c3cccc(-c4[c-]cc(F)cc4F)n3)c3cccc(-c4[c-]cc(F)cc4F)n3)n2)c(F)c1.[Pd+2].[Pd+2]. The number of hydrogen-bond acceptors (Lipinski definition) is 4. The number of rotatable bonds is 8. The molecule has 0 atom stereocenters. The van der Waals surface area contributed by atoms with E-state index in [0.717, 1.165) is 24.3 Å². The van der Waals surface area contributed by atoms with Crippen molar-refractivity contribution in [2.24, 2.45) is 0 Å². The van der Waals surface area contributed by atoms with Crippen molar-refractivity contribution in [3.63, 3.8) is 0 Å². The fourth-order valence-electron chi connectivity index (χ4n) is 6.48. The number of aromatic nitrogens is 4. The van der Waals surface area contributed by atoms with Crippen LogP contribution in [0.4, 0.5) is 35.1 Å². The van der Waals surface area contributed by atoms with Crippen LogP contribution in [0.15, 0.2) is 121 Å². The summed E-state index contributed by atoms with van der Waals surface area (Å²) in [4.78, 5) is 19.3. The predicted octanol–water partition coefficient (Wildman–Crippen LogP) is 10.6. The first-order valence-electron chi connectivity index (χ1n) is 16.9. The first kappa shape index (κ1) is 42.8. The molecule has 0 spiro atoms. The Morgan fingerprint density at radius 1 is 0.339 bits per heavy atom. The Morgan fingerprint density at radius 2 is 0.559 bits per heavy atom. The molecule has 296 valence electrons. The van der Waals surface area contributed by atoms with Crippen molar-refractivity contribution in [3.8, 4) is 45.0 Å². The summed E-state index contributed by atoms with van der Waals surface area (Å²) in [5.41, 5.74) is -2.90. The molecule has 0 aliphatic heterocycles. The number of hydrogen-bond donors (Lipinski definition) is 0. The number of nitrogens with zero attached hydrogens (tertiary/aromatic N) is 4. The summed E-state index contributed by atoms with van der Waals surface area (Å²) in [5.74, 6) is -7.49. The topological polar surface area (TPSA) is 51.6 Å². The molecule has 0 amide bonds. The molecule has 0 bridgehead atoms. The molecule has 0 aliphatic rings. The number of benzene rings is 4. The van der Waals surface area contributed by atoms with Gasteiger partial charge in [0.05, 0.1) is 22.8 Å². The minimum absolute atomic E-state index is 0. The van der Waals surface area contributed by atoms with E-state index in [9.17, 15) is 17.6 Å². The van der Waals surface area contributed by atoms with Crippen LogP contribution in [0.5, 0.6) is 0 Å². The first-order valence-corrected chi connectivity index (χ1v) is 16.9. The summed E-state index contributed by atoms with van der Waals surface area (Å²) >= 11 is 0. The minimum Gasteiger partial charge on any atom is -0.299 e. The maximum atomic E-state index is 15.3. The van der Waals surface area contributed by atoms with Crippen LogP contribution in [0, 0.1) is 70.8 Å². The molecule has 0 saturated carbocycles. The molecule has 8 rings (SSSR count). The second kappa shape index (κ2) is 17.6. The summed E-state index contributed by atoms with van der Waals surface area (Å²) in [6.07, 6.45) is 0. The quantitative estimate of drug-likeness (QED) is 0.0865. The third-order valence-corrected chi connectivity index (χ3v) is 8.99. The van der Waals surface area contributed by atoms with Crippen LogP contribution >= 0.6 is 0 Å². The largest absolute Gasteiger partial charge is 2.00 e. The van der Waals surface area contributed by atoms with Crippen LogP contribution in [0.3, 0.4) is 0 Å². The van der Waals surface area contributed by atoms with Crippen molar-refractivity contribution in [2.75, 3.05) is 0 Å². The monoisotopic (exact) mass is 980 g/mol. The molecule has 0 aliphatic carbocycles. The van der Waals surface area contributed by atoms with E-state index in [-0.39, 0.29) is 109 Å². The van der Waals surface area contributed by atoms with E-state index in [1.165, 1.54) is 72.8 Å². The Balaban J connectivity index is 0.00000293. The molecule has 59 heavy (non-hydrogen) atoms. The predicted molar refractivity (Wildman–Crippen MR) is 193 cm³/mol. The molecule has 4 aromatic carbocycles. The average Bonchev–Trinajstić information content (AvgIpc) is 3.19. The van der Waals surface area contributed by atoms with Crippen LogP contribution < -0.4 is 0 Å². The van der Waals surface area contributed by atoms with Gasteiger partial charge < -0.3 is 0 Å². The van der Waals surface area contributed by atoms with Crippen LogP contribution in [0.2, 0.25) is 0 Å². The smallest absolute Gasteiger partial charge is 0.299 e. The van der Waals surface area contributed by atoms with Gasteiger partial charge in [0.15, 0.2) is 0 Å². The molecule has 0 fully saturated rings. The Kier molecular flexibility index (Phi) is 12.8. The molecule has 4 nitrogen and oxygen atoms in total. The Bertz CT molecular complexity index is 2460. The Labute approximate surface area is 359 Å². The normalized spacial score (nSPS) is 11.1. The van der Waals surface area contributed by atoms with Crippen molar-refractivity contribution in [2.45, 2.75) is 5.41 Å². The van der Waals surface area contributed by atoms with Gasteiger partial charge in [-0.05, 0) is 47.0 Å². The van der Waals surface area contributed by atoms with Gasteiger partial charge in [0.2, 0.25) is 0 Å². The minimum atomic E-state index is -1.97. The molecule has 0 N–H and O–H groups in total. The molecule has 4 heterocycles. The van der Waals surface area contributed by atoms with E-state index >= 15 is 17.6 Å². The molecule has 8 aromatic rings. The van der Waals surface area contributed by atoms with Gasteiger partial charge in [0, 0.05) is 46.5 Å². The molecule has 0 radical (unpaired) electrons. The van der Waals surface area contributed by atoms with E-state index in [1.54, 1.807) is 0 Å². The molecule has 4 aromatic heterocycles. The van der Waals surface area contributed by atoms with E-state index in [1.807, 2.05) is 0 Å². The third-order valence-electron chi connectivity index (χ3n) is 8.99. The van der Waals surface area contributed by atoms with Gasteiger partial charge in [-0.3, -0.25) is 55.1 Å². The molecular formula is C45H20F8N4Pd2. The van der Waals surface area contributed by atoms with Gasteiger partial charge in [0.1, 0.15) is 5.41 Å². The third kappa shape index (κ3) is 8.28. The zero-order valence-corrected chi connectivity index (χ0v) is 32.6. The van der Waals surface area contributed by atoms with Crippen LogP contribution in [-0.2, 0) is 46.3 Å². The van der Waals surface area contributed by atoms with Crippen molar-refractivity contribution >= 4 is 0 Å². The molecule has 0 unspecified atom stereocenters. The van der Waals surface area contributed by atoms with Crippen molar-refractivity contribution in [1.82, 2.24) is 19.9 Å². The number of pyridine rings is 4. The van der Waals surface area contributed by atoms with Crippen LogP contribution in [0.25, 0.3) is 45.0 Å². The van der Waals surface area contributed by atoms with Crippen molar-refractivity contribution in [1.29, 1.82) is 0 Å². The fraction of sp³-hybridized carbons (Fsp3) is 0.0222. The van der Waals surface area contributed by atoms with E-state index in [4.69, 9.17) is 19.9 Å². The van der Waals surface area contributed by atoms with Crippen LogP contribution in [0.1, 0.15) is 22.8 Å². The maximum Gasteiger partial charge on any atom is 2.00 e. The van der Waals surface area contributed by atoms with Gasteiger partial charge in [-0.15, -0.1) is 48.5 Å². The zero-order chi connectivity index (χ0) is 39.8. The maximum absolute atomic E-state index is 15.3. The second-order valence-corrected chi connectivity index (χ2v) is 12.5.